The lowest BCUT2D eigenvalue weighted by Crippen LogP contribution is -2.42. The van der Waals surface area contributed by atoms with E-state index < -0.39 is 17.6 Å². The molecular weight excluding hydrogens is 176 g/mol. The average molecular weight is 190 g/mol. The smallest absolute Gasteiger partial charge is 0.405 e. The fraction of sp³-hybridized carbons (Fsp3) is 0.714. The van der Waals surface area contributed by atoms with Crippen LogP contribution in [-0.4, -0.2) is 40.9 Å². The van der Waals surface area contributed by atoms with Crippen molar-refractivity contribution < 1.29 is 19.8 Å². The molecule has 0 fully saturated rings. The number of amides is 2. The molecule has 13 heavy (non-hydrogen) atoms. The summed E-state index contributed by atoms with van der Waals surface area (Å²) in [6.45, 7) is 2.87. The second-order valence-electron chi connectivity index (χ2n) is 3.25. The first kappa shape index (κ1) is 11.7. The number of carboxylic acid groups (broad SMARTS) is 1. The molecule has 0 saturated carbocycles. The Morgan fingerprint density at radius 3 is 2.23 bits per heavy atom. The van der Waals surface area contributed by atoms with Crippen LogP contribution in [0.1, 0.15) is 13.8 Å². The molecule has 76 valence electrons. The van der Waals surface area contributed by atoms with Gasteiger partial charge in [-0.05, 0) is 13.8 Å². The van der Waals surface area contributed by atoms with E-state index in [0.29, 0.717) is 0 Å². The maximum absolute atomic E-state index is 10.8. The highest BCUT2D eigenvalue weighted by Gasteiger charge is 2.13. The fourth-order valence-corrected chi connectivity index (χ4v) is 0.533. The Morgan fingerprint density at radius 1 is 1.31 bits per heavy atom. The Morgan fingerprint density at radius 2 is 1.85 bits per heavy atom. The number of carbonyl (C=O) groups excluding carboxylic acids is 1. The molecule has 0 aromatic carbocycles. The van der Waals surface area contributed by atoms with E-state index in [-0.39, 0.29) is 13.1 Å². The summed E-state index contributed by atoms with van der Waals surface area (Å²) in [6, 6.07) is 0. The summed E-state index contributed by atoms with van der Waals surface area (Å²) in [6.07, 6.45) is -1.25. The van der Waals surface area contributed by atoms with Crippen LogP contribution in [0.2, 0.25) is 0 Å². The van der Waals surface area contributed by atoms with Gasteiger partial charge in [-0.25, -0.2) is 4.79 Å². The van der Waals surface area contributed by atoms with Crippen molar-refractivity contribution in [1.82, 2.24) is 10.6 Å². The van der Waals surface area contributed by atoms with E-state index in [1.165, 1.54) is 13.8 Å². The predicted octanol–water partition coefficient (Wildman–Crippen LogP) is -0.859. The van der Waals surface area contributed by atoms with Crippen LogP contribution in [0.15, 0.2) is 0 Å². The fourth-order valence-electron chi connectivity index (χ4n) is 0.533. The number of aliphatic hydroxyl groups is 1. The lowest BCUT2D eigenvalue weighted by molar-refractivity contribution is -0.121. The Bertz CT molecular complexity index is 197. The second kappa shape index (κ2) is 4.66. The number of hydrogen-bond acceptors (Lipinski definition) is 3. The molecule has 0 aromatic heterocycles. The average Bonchev–Trinajstić information content (AvgIpc) is 1.95. The van der Waals surface area contributed by atoms with Gasteiger partial charge in [0.1, 0.15) is 0 Å². The number of hydrogen-bond donors (Lipinski definition) is 4. The summed E-state index contributed by atoms with van der Waals surface area (Å²) in [5.74, 6) is -0.468. The van der Waals surface area contributed by atoms with Crippen molar-refractivity contribution in [2.24, 2.45) is 0 Å². The van der Waals surface area contributed by atoms with Crippen molar-refractivity contribution in [3.63, 3.8) is 0 Å². The van der Waals surface area contributed by atoms with Crippen LogP contribution in [0.3, 0.4) is 0 Å². The van der Waals surface area contributed by atoms with Gasteiger partial charge in [0.25, 0.3) is 0 Å². The molecule has 0 aromatic rings. The van der Waals surface area contributed by atoms with E-state index in [2.05, 4.69) is 5.32 Å². The zero-order chi connectivity index (χ0) is 10.5. The van der Waals surface area contributed by atoms with Gasteiger partial charge in [0, 0.05) is 6.54 Å². The Labute approximate surface area is 75.9 Å². The first-order valence-electron chi connectivity index (χ1n) is 3.77. The first-order valence-corrected chi connectivity index (χ1v) is 3.77. The van der Waals surface area contributed by atoms with Crippen LogP contribution in [-0.2, 0) is 4.79 Å². The highest BCUT2D eigenvalue weighted by Crippen LogP contribution is 1.96. The monoisotopic (exact) mass is 190 g/mol. The summed E-state index contributed by atoms with van der Waals surface area (Å²) in [5.41, 5.74) is -0.987. The Kier molecular flexibility index (Phi) is 4.19. The molecule has 6 heteroatoms. The molecule has 0 radical (unpaired) electrons. The van der Waals surface area contributed by atoms with Crippen LogP contribution >= 0.6 is 0 Å². The van der Waals surface area contributed by atoms with Crippen molar-refractivity contribution in [3.05, 3.63) is 0 Å². The largest absolute Gasteiger partial charge is 0.465 e. The molecule has 0 saturated heterocycles. The first-order chi connectivity index (χ1) is 5.81. The van der Waals surface area contributed by atoms with Crippen molar-refractivity contribution in [1.29, 1.82) is 0 Å². The summed E-state index contributed by atoms with van der Waals surface area (Å²) in [5, 5.41) is 21.6. The van der Waals surface area contributed by atoms with Crippen molar-refractivity contribution in [2.75, 3.05) is 13.1 Å². The minimum Gasteiger partial charge on any atom is -0.465 e. The van der Waals surface area contributed by atoms with Crippen LogP contribution in [0.25, 0.3) is 0 Å². The van der Waals surface area contributed by atoms with Gasteiger partial charge >= 0.3 is 6.09 Å². The maximum atomic E-state index is 10.8. The zero-order valence-corrected chi connectivity index (χ0v) is 7.63. The highest BCUT2D eigenvalue weighted by molar-refractivity contribution is 5.81. The van der Waals surface area contributed by atoms with E-state index >= 15 is 0 Å². The van der Waals surface area contributed by atoms with Crippen LogP contribution in [0.4, 0.5) is 4.79 Å². The van der Waals surface area contributed by atoms with E-state index in [0.717, 1.165) is 0 Å². The molecule has 0 aliphatic rings. The topological polar surface area (TPSA) is 98.7 Å². The highest BCUT2D eigenvalue weighted by atomic mass is 16.4. The van der Waals surface area contributed by atoms with Gasteiger partial charge < -0.3 is 20.8 Å². The molecule has 0 atom stereocenters. The van der Waals surface area contributed by atoms with Crippen molar-refractivity contribution in [2.45, 2.75) is 19.4 Å². The molecule has 0 bridgehead atoms. The molecule has 0 unspecified atom stereocenters. The summed E-state index contributed by atoms with van der Waals surface area (Å²) in [4.78, 5) is 20.8. The summed E-state index contributed by atoms with van der Waals surface area (Å²) < 4.78 is 0. The molecule has 0 heterocycles. The maximum Gasteiger partial charge on any atom is 0.405 e. The molecular formula is C7H14N2O4. The molecule has 0 aliphatic heterocycles. The van der Waals surface area contributed by atoms with Crippen LogP contribution in [0, 0.1) is 0 Å². The number of rotatable bonds is 4. The Balaban J connectivity index is 3.58. The normalized spacial score (nSPS) is 10.7. The predicted molar refractivity (Wildman–Crippen MR) is 45.3 cm³/mol. The van der Waals surface area contributed by atoms with E-state index in [4.69, 9.17) is 5.11 Å². The quantitative estimate of drug-likeness (QED) is 0.463. The van der Waals surface area contributed by atoms with Gasteiger partial charge in [-0.2, -0.15) is 0 Å². The van der Waals surface area contributed by atoms with Gasteiger partial charge in [-0.1, -0.05) is 0 Å². The van der Waals surface area contributed by atoms with E-state index in [9.17, 15) is 14.7 Å². The summed E-state index contributed by atoms with van der Waals surface area (Å²) in [7, 11) is 0. The zero-order valence-electron chi connectivity index (χ0n) is 7.63. The van der Waals surface area contributed by atoms with Gasteiger partial charge in [0.2, 0.25) is 5.91 Å². The molecule has 2 amide bonds. The van der Waals surface area contributed by atoms with Gasteiger partial charge in [-0.3, -0.25) is 4.79 Å². The molecule has 4 N–H and O–H groups in total. The number of carbonyl (C=O) groups is 2. The minimum absolute atomic E-state index is 0.0904. The van der Waals surface area contributed by atoms with Crippen molar-refractivity contribution >= 4 is 12.0 Å². The molecule has 0 spiro atoms. The third-order valence-electron chi connectivity index (χ3n) is 1.12. The van der Waals surface area contributed by atoms with Gasteiger partial charge in [-0.15, -0.1) is 0 Å². The van der Waals surface area contributed by atoms with Crippen molar-refractivity contribution in [3.8, 4) is 0 Å². The molecule has 0 rings (SSSR count). The standard InChI is InChI=1S/C7H14N2O4/c1-7(2,13)4-9-5(10)3-8-6(11)12/h8,13H,3-4H2,1-2H3,(H,9,10)(H,11,12). The minimum atomic E-state index is -1.25. The van der Waals surface area contributed by atoms with E-state index in [1.54, 1.807) is 0 Å². The Hall–Kier alpha value is -1.30. The van der Waals surface area contributed by atoms with Crippen LogP contribution in [0.5, 0.6) is 0 Å². The third kappa shape index (κ3) is 8.61. The number of nitrogens with one attached hydrogen (secondary N) is 2. The second-order valence-corrected chi connectivity index (χ2v) is 3.25. The lowest BCUT2D eigenvalue weighted by atomic mass is 10.1. The molecule has 0 aliphatic carbocycles. The van der Waals surface area contributed by atoms with E-state index in [1.807, 2.05) is 5.32 Å². The lowest BCUT2D eigenvalue weighted by Gasteiger charge is -2.17. The third-order valence-corrected chi connectivity index (χ3v) is 1.12. The summed E-state index contributed by atoms with van der Waals surface area (Å²) >= 11 is 0. The van der Waals surface area contributed by atoms with Gasteiger partial charge in [0.15, 0.2) is 0 Å². The van der Waals surface area contributed by atoms with Gasteiger partial charge in [0.05, 0.1) is 12.1 Å². The van der Waals surface area contributed by atoms with Crippen LogP contribution < -0.4 is 10.6 Å². The molecule has 6 nitrogen and oxygen atoms in total. The SMILES string of the molecule is CC(C)(O)CNC(=O)CNC(=O)O.